The average molecular weight is 355 g/mol. The maximum Gasteiger partial charge on any atom is 0.409 e. The Morgan fingerprint density at radius 3 is 2.68 bits per heavy atom. The van der Waals surface area contributed by atoms with Crippen LogP contribution in [0.2, 0.25) is 0 Å². The molecule has 3 heterocycles. The molecule has 2 atom stereocenters. The average Bonchev–Trinajstić information content (AvgIpc) is 3.03. The Labute approximate surface area is 150 Å². The summed E-state index contributed by atoms with van der Waals surface area (Å²) in [4.78, 5) is 18.5. The van der Waals surface area contributed by atoms with Gasteiger partial charge >= 0.3 is 6.09 Å². The van der Waals surface area contributed by atoms with Crippen molar-refractivity contribution in [3.63, 3.8) is 0 Å². The van der Waals surface area contributed by atoms with Gasteiger partial charge in [0.15, 0.2) is 0 Å². The van der Waals surface area contributed by atoms with Crippen molar-refractivity contribution in [1.29, 1.82) is 0 Å². The minimum Gasteiger partial charge on any atom is -0.450 e. The quantitative estimate of drug-likeness (QED) is 0.748. The van der Waals surface area contributed by atoms with Crippen molar-refractivity contribution in [2.75, 3.05) is 52.5 Å². The summed E-state index contributed by atoms with van der Waals surface area (Å²) in [6.07, 6.45) is 4.14. The molecular weight excluding hydrogens is 322 g/mol. The second kappa shape index (κ2) is 8.20. The van der Waals surface area contributed by atoms with Crippen LogP contribution in [0.15, 0.2) is 0 Å². The normalized spacial score (nSPS) is 30.3. The van der Waals surface area contributed by atoms with Gasteiger partial charge in [-0.2, -0.15) is 0 Å². The third kappa shape index (κ3) is 4.45. The molecule has 0 bridgehead atoms. The van der Waals surface area contributed by atoms with Gasteiger partial charge in [-0.05, 0) is 45.6 Å². The summed E-state index contributed by atoms with van der Waals surface area (Å²) < 4.78 is 5.06. The summed E-state index contributed by atoms with van der Waals surface area (Å²) in [6, 6.07) is 0.907. The monoisotopic (exact) mass is 355 g/mol. The molecule has 3 saturated heterocycles. The number of piperazine rings is 1. The van der Waals surface area contributed by atoms with Crippen LogP contribution in [0, 0.1) is 0 Å². The number of carbonyl (C=O) groups excluding carboxylic acids is 1. The lowest BCUT2D eigenvalue weighted by atomic mass is 9.89. The molecule has 2 N–H and O–H groups in total. The Kier molecular flexibility index (Phi) is 6.20. The Bertz CT molecular complexity index is 454. The van der Waals surface area contributed by atoms with Crippen molar-refractivity contribution < 1.29 is 19.7 Å². The summed E-state index contributed by atoms with van der Waals surface area (Å²) >= 11 is 0. The SMILES string of the molecule is CCOC(=O)N1CCC(O)(CN2C[C@@H]3CCCN3C[C@H]2CCO)CC1. The van der Waals surface area contributed by atoms with Crippen LogP contribution < -0.4 is 0 Å². The van der Waals surface area contributed by atoms with Crippen LogP contribution in [0.3, 0.4) is 0 Å². The predicted octanol–water partition coefficient (Wildman–Crippen LogP) is 0.501. The fourth-order valence-electron chi connectivity index (χ4n) is 4.62. The molecule has 0 saturated carbocycles. The molecule has 7 heteroatoms. The van der Waals surface area contributed by atoms with E-state index in [1.165, 1.54) is 19.4 Å². The van der Waals surface area contributed by atoms with E-state index < -0.39 is 5.60 Å². The number of piperidine rings is 1. The standard InChI is InChI=1S/C18H33N3O4/c1-2-25-17(23)19-9-6-18(24,7-10-19)14-21-13-15-4-3-8-20(15)12-16(21)5-11-22/h15-16,22,24H,2-14H2,1H3/t15-,16+/m0/s1. The van der Waals surface area contributed by atoms with E-state index >= 15 is 0 Å². The molecule has 0 spiro atoms. The summed E-state index contributed by atoms with van der Waals surface area (Å²) in [5.41, 5.74) is -0.753. The first-order valence-electron chi connectivity index (χ1n) is 9.77. The van der Waals surface area contributed by atoms with Gasteiger partial charge in [-0.3, -0.25) is 9.80 Å². The number of likely N-dealkylation sites (tertiary alicyclic amines) is 1. The smallest absolute Gasteiger partial charge is 0.409 e. The van der Waals surface area contributed by atoms with E-state index in [-0.39, 0.29) is 12.7 Å². The van der Waals surface area contributed by atoms with E-state index in [0.717, 1.165) is 19.5 Å². The van der Waals surface area contributed by atoms with Gasteiger partial charge in [-0.1, -0.05) is 0 Å². The van der Waals surface area contributed by atoms with Gasteiger partial charge in [-0.25, -0.2) is 4.79 Å². The molecule has 3 aliphatic rings. The second-order valence-corrected chi connectivity index (χ2v) is 7.80. The van der Waals surface area contributed by atoms with Crippen LogP contribution in [0.5, 0.6) is 0 Å². The van der Waals surface area contributed by atoms with Crippen LogP contribution in [0.4, 0.5) is 4.79 Å². The Morgan fingerprint density at radius 1 is 1.24 bits per heavy atom. The molecule has 0 aromatic heterocycles. The van der Waals surface area contributed by atoms with Crippen LogP contribution in [0.1, 0.15) is 39.0 Å². The van der Waals surface area contributed by atoms with E-state index in [9.17, 15) is 15.0 Å². The van der Waals surface area contributed by atoms with E-state index in [4.69, 9.17) is 4.74 Å². The van der Waals surface area contributed by atoms with Gasteiger partial charge in [-0.15, -0.1) is 0 Å². The number of β-amino-alcohol motifs (C(OH)–C–C–N with tert-alkyl or cyclic N) is 1. The minimum atomic E-state index is -0.753. The third-order valence-electron chi connectivity index (χ3n) is 6.09. The highest BCUT2D eigenvalue weighted by Crippen LogP contribution is 2.30. The van der Waals surface area contributed by atoms with Gasteiger partial charge < -0.3 is 19.8 Å². The minimum absolute atomic E-state index is 0.189. The molecule has 25 heavy (non-hydrogen) atoms. The fourth-order valence-corrected chi connectivity index (χ4v) is 4.62. The van der Waals surface area contributed by atoms with E-state index in [2.05, 4.69) is 9.80 Å². The van der Waals surface area contributed by atoms with Crippen LogP contribution in [-0.2, 0) is 4.74 Å². The summed E-state index contributed by atoms with van der Waals surface area (Å²) in [5, 5.41) is 20.5. The lowest BCUT2D eigenvalue weighted by molar-refractivity contribution is -0.0700. The topological polar surface area (TPSA) is 76.5 Å². The summed E-state index contributed by atoms with van der Waals surface area (Å²) in [7, 11) is 0. The third-order valence-corrected chi connectivity index (χ3v) is 6.09. The molecular formula is C18H33N3O4. The van der Waals surface area contributed by atoms with Crippen LogP contribution in [-0.4, -0.2) is 101 Å². The Morgan fingerprint density at radius 2 is 2.00 bits per heavy atom. The molecule has 0 aliphatic carbocycles. The number of carbonyl (C=O) groups is 1. The molecule has 0 aromatic rings. The molecule has 3 aliphatic heterocycles. The van der Waals surface area contributed by atoms with Crippen molar-refractivity contribution in [2.24, 2.45) is 0 Å². The molecule has 0 unspecified atom stereocenters. The molecule has 0 aromatic carbocycles. The zero-order valence-corrected chi connectivity index (χ0v) is 15.4. The van der Waals surface area contributed by atoms with Gasteiger partial charge in [0.2, 0.25) is 0 Å². The number of fused-ring (bicyclic) bond motifs is 1. The van der Waals surface area contributed by atoms with Crippen molar-refractivity contribution >= 4 is 6.09 Å². The fraction of sp³-hybridized carbons (Fsp3) is 0.944. The maximum absolute atomic E-state index is 11.8. The van der Waals surface area contributed by atoms with Gasteiger partial charge in [0, 0.05) is 51.4 Å². The van der Waals surface area contributed by atoms with Crippen molar-refractivity contribution in [2.45, 2.75) is 56.7 Å². The van der Waals surface area contributed by atoms with E-state index in [1.807, 2.05) is 6.92 Å². The first kappa shape index (κ1) is 18.9. The molecule has 3 fully saturated rings. The zero-order chi connectivity index (χ0) is 17.9. The lowest BCUT2D eigenvalue weighted by Crippen LogP contribution is -2.61. The predicted molar refractivity (Wildman–Crippen MR) is 94.4 cm³/mol. The number of ether oxygens (including phenoxy) is 1. The molecule has 1 amide bonds. The highest BCUT2D eigenvalue weighted by molar-refractivity contribution is 5.67. The molecule has 3 rings (SSSR count). The second-order valence-electron chi connectivity index (χ2n) is 7.80. The molecule has 7 nitrogen and oxygen atoms in total. The summed E-state index contributed by atoms with van der Waals surface area (Å²) in [5.74, 6) is 0. The largest absolute Gasteiger partial charge is 0.450 e. The highest BCUT2D eigenvalue weighted by Gasteiger charge is 2.41. The highest BCUT2D eigenvalue weighted by atomic mass is 16.6. The molecule has 144 valence electrons. The van der Waals surface area contributed by atoms with Gasteiger partial charge in [0.25, 0.3) is 0 Å². The van der Waals surface area contributed by atoms with Gasteiger partial charge in [0.1, 0.15) is 0 Å². The number of rotatable bonds is 5. The first-order valence-corrected chi connectivity index (χ1v) is 9.77. The number of hydrogen-bond acceptors (Lipinski definition) is 6. The zero-order valence-electron chi connectivity index (χ0n) is 15.4. The molecule has 0 radical (unpaired) electrons. The number of aliphatic hydroxyl groups excluding tert-OH is 1. The van der Waals surface area contributed by atoms with Crippen molar-refractivity contribution in [3.05, 3.63) is 0 Å². The van der Waals surface area contributed by atoms with Crippen molar-refractivity contribution in [3.8, 4) is 0 Å². The Balaban J connectivity index is 1.57. The van der Waals surface area contributed by atoms with Crippen molar-refractivity contribution in [1.82, 2.24) is 14.7 Å². The van der Waals surface area contributed by atoms with Gasteiger partial charge in [0.05, 0.1) is 12.2 Å². The maximum atomic E-state index is 11.8. The number of hydrogen-bond donors (Lipinski definition) is 2. The van der Waals surface area contributed by atoms with E-state index in [1.54, 1.807) is 4.90 Å². The Hall–Kier alpha value is -0.890. The number of amides is 1. The van der Waals surface area contributed by atoms with E-state index in [0.29, 0.717) is 51.2 Å². The van der Waals surface area contributed by atoms with Crippen LogP contribution >= 0.6 is 0 Å². The number of aliphatic hydroxyl groups is 2. The lowest BCUT2D eigenvalue weighted by Gasteiger charge is -2.48. The van der Waals surface area contributed by atoms with Crippen LogP contribution in [0.25, 0.3) is 0 Å². The summed E-state index contributed by atoms with van der Waals surface area (Å²) in [6.45, 7) is 7.25. The number of nitrogens with zero attached hydrogens (tertiary/aromatic N) is 3. The first-order chi connectivity index (χ1) is 12.0.